The van der Waals surface area contributed by atoms with E-state index in [4.69, 9.17) is 5.11 Å². The molecule has 3 nitrogen and oxygen atoms in total. The van der Waals surface area contributed by atoms with Crippen molar-refractivity contribution < 1.29 is 5.11 Å². The fourth-order valence-corrected chi connectivity index (χ4v) is 2.40. The number of hydrogen-bond donors (Lipinski definition) is 2. The van der Waals surface area contributed by atoms with Crippen molar-refractivity contribution in [1.82, 2.24) is 10.2 Å². The molecule has 0 saturated heterocycles. The Kier molecular flexibility index (Phi) is 6.98. The maximum Gasteiger partial charge on any atom is 0.0558 e. The Labute approximate surface area is 93.9 Å². The lowest BCUT2D eigenvalue weighted by Crippen LogP contribution is -2.40. The van der Waals surface area contributed by atoms with Crippen molar-refractivity contribution >= 4 is 0 Å². The van der Waals surface area contributed by atoms with E-state index in [0.717, 1.165) is 32.2 Å². The molecule has 90 valence electrons. The second-order valence-electron chi connectivity index (χ2n) is 4.45. The average molecular weight is 214 g/mol. The zero-order valence-electron chi connectivity index (χ0n) is 10.0. The highest BCUT2D eigenvalue weighted by atomic mass is 16.3. The lowest BCUT2D eigenvalue weighted by molar-refractivity contribution is 0.152. The molecule has 1 saturated carbocycles. The molecule has 0 atom stereocenters. The first kappa shape index (κ1) is 12.9. The van der Waals surface area contributed by atoms with Gasteiger partial charge in [0.15, 0.2) is 0 Å². The maximum atomic E-state index is 9.04. The van der Waals surface area contributed by atoms with Gasteiger partial charge in [-0.3, -0.25) is 4.90 Å². The van der Waals surface area contributed by atoms with Gasteiger partial charge in [0.05, 0.1) is 6.61 Å². The van der Waals surface area contributed by atoms with Crippen LogP contribution in [0.25, 0.3) is 0 Å². The molecule has 1 fully saturated rings. The molecule has 1 aliphatic rings. The van der Waals surface area contributed by atoms with E-state index in [0.29, 0.717) is 6.61 Å². The molecule has 0 unspecified atom stereocenters. The predicted octanol–water partition coefficient (Wildman–Crippen LogP) is 1.22. The van der Waals surface area contributed by atoms with Gasteiger partial charge in [-0.25, -0.2) is 0 Å². The van der Waals surface area contributed by atoms with Gasteiger partial charge in [0.1, 0.15) is 0 Å². The van der Waals surface area contributed by atoms with E-state index < -0.39 is 0 Å². The Balaban J connectivity index is 2.17. The van der Waals surface area contributed by atoms with Gasteiger partial charge in [-0.05, 0) is 25.8 Å². The van der Waals surface area contributed by atoms with E-state index in [1.165, 1.54) is 32.1 Å². The maximum absolute atomic E-state index is 9.04. The smallest absolute Gasteiger partial charge is 0.0558 e. The fraction of sp³-hybridized carbons (Fsp3) is 1.00. The summed E-state index contributed by atoms with van der Waals surface area (Å²) < 4.78 is 0. The molecule has 2 N–H and O–H groups in total. The summed E-state index contributed by atoms with van der Waals surface area (Å²) in [4.78, 5) is 2.45. The van der Waals surface area contributed by atoms with Crippen LogP contribution in [0.4, 0.5) is 0 Å². The first-order valence-corrected chi connectivity index (χ1v) is 6.44. The molecule has 0 amide bonds. The summed E-state index contributed by atoms with van der Waals surface area (Å²) in [5.41, 5.74) is 0. The van der Waals surface area contributed by atoms with Crippen LogP contribution in [0.3, 0.4) is 0 Å². The molecule has 0 radical (unpaired) electrons. The van der Waals surface area contributed by atoms with E-state index in [2.05, 4.69) is 17.1 Å². The van der Waals surface area contributed by atoms with Gasteiger partial charge < -0.3 is 10.4 Å². The second-order valence-corrected chi connectivity index (χ2v) is 4.45. The number of rotatable bonds is 8. The van der Waals surface area contributed by atoms with Crippen molar-refractivity contribution in [3.63, 3.8) is 0 Å². The lowest BCUT2D eigenvalue weighted by Gasteiger charge is -2.28. The summed E-state index contributed by atoms with van der Waals surface area (Å²) >= 11 is 0. The van der Waals surface area contributed by atoms with Gasteiger partial charge in [-0.2, -0.15) is 0 Å². The van der Waals surface area contributed by atoms with Crippen LogP contribution in [0.5, 0.6) is 0 Å². The first-order valence-electron chi connectivity index (χ1n) is 6.44. The standard InChI is InChI=1S/C12H26N2O/c1-2-7-13-8-9-14(10-11-15)12-5-3-4-6-12/h12-13,15H,2-11H2,1H3. The molecule has 0 spiro atoms. The van der Waals surface area contributed by atoms with E-state index >= 15 is 0 Å². The molecule has 1 rings (SSSR count). The molecule has 0 bridgehead atoms. The van der Waals surface area contributed by atoms with Gasteiger partial charge in [0, 0.05) is 25.7 Å². The lowest BCUT2D eigenvalue weighted by atomic mass is 10.2. The number of aliphatic hydroxyl groups is 1. The van der Waals surface area contributed by atoms with Crippen LogP contribution in [-0.2, 0) is 0 Å². The molecular weight excluding hydrogens is 188 g/mol. The zero-order valence-corrected chi connectivity index (χ0v) is 10.0. The third kappa shape index (κ3) is 4.96. The zero-order chi connectivity index (χ0) is 10.9. The Morgan fingerprint density at radius 1 is 1.20 bits per heavy atom. The summed E-state index contributed by atoms with van der Waals surface area (Å²) in [6.07, 6.45) is 6.59. The molecule has 15 heavy (non-hydrogen) atoms. The Morgan fingerprint density at radius 3 is 2.53 bits per heavy atom. The van der Waals surface area contributed by atoms with Crippen LogP contribution in [0.1, 0.15) is 39.0 Å². The Hall–Kier alpha value is -0.120. The van der Waals surface area contributed by atoms with Gasteiger partial charge in [0.25, 0.3) is 0 Å². The largest absolute Gasteiger partial charge is 0.395 e. The molecule has 1 aliphatic carbocycles. The molecule has 0 aliphatic heterocycles. The van der Waals surface area contributed by atoms with Crippen molar-refractivity contribution in [2.75, 3.05) is 32.8 Å². The number of nitrogens with one attached hydrogen (secondary N) is 1. The summed E-state index contributed by atoms with van der Waals surface area (Å²) in [6.45, 7) is 6.59. The highest BCUT2D eigenvalue weighted by Gasteiger charge is 2.21. The molecule has 0 heterocycles. The number of hydrogen-bond acceptors (Lipinski definition) is 3. The minimum atomic E-state index is 0.296. The number of nitrogens with zero attached hydrogens (tertiary/aromatic N) is 1. The summed E-state index contributed by atoms with van der Waals surface area (Å²) in [6, 6.07) is 0.737. The van der Waals surface area contributed by atoms with E-state index in [1.54, 1.807) is 0 Å². The third-order valence-corrected chi connectivity index (χ3v) is 3.23. The van der Waals surface area contributed by atoms with Crippen LogP contribution < -0.4 is 5.32 Å². The highest BCUT2D eigenvalue weighted by Crippen LogP contribution is 2.22. The molecular formula is C12H26N2O. The third-order valence-electron chi connectivity index (χ3n) is 3.23. The summed E-state index contributed by atoms with van der Waals surface area (Å²) in [5, 5.41) is 12.5. The highest BCUT2D eigenvalue weighted by molar-refractivity contribution is 4.77. The SMILES string of the molecule is CCCNCCN(CCO)C1CCCC1. The average Bonchev–Trinajstić information content (AvgIpc) is 2.76. The van der Waals surface area contributed by atoms with Crippen LogP contribution >= 0.6 is 0 Å². The van der Waals surface area contributed by atoms with Gasteiger partial charge in [-0.15, -0.1) is 0 Å². The molecule has 3 heteroatoms. The van der Waals surface area contributed by atoms with Crippen molar-refractivity contribution in [3.8, 4) is 0 Å². The van der Waals surface area contributed by atoms with Crippen molar-refractivity contribution in [2.45, 2.75) is 45.1 Å². The van der Waals surface area contributed by atoms with Crippen LogP contribution in [-0.4, -0.2) is 48.8 Å². The van der Waals surface area contributed by atoms with E-state index in [9.17, 15) is 0 Å². The number of aliphatic hydroxyl groups excluding tert-OH is 1. The predicted molar refractivity (Wildman–Crippen MR) is 64.1 cm³/mol. The van der Waals surface area contributed by atoms with Crippen molar-refractivity contribution in [1.29, 1.82) is 0 Å². The Bertz CT molecular complexity index is 147. The molecule has 0 aromatic rings. The first-order chi connectivity index (χ1) is 7.38. The molecule has 0 aromatic carbocycles. The monoisotopic (exact) mass is 214 g/mol. The minimum Gasteiger partial charge on any atom is -0.395 e. The quantitative estimate of drug-likeness (QED) is 0.596. The van der Waals surface area contributed by atoms with Crippen LogP contribution in [0.2, 0.25) is 0 Å². The van der Waals surface area contributed by atoms with Crippen molar-refractivity contribution in [3.05, 3.63) is 0 Å². The summed E-state index contributed by atoms with van der Waals surface area (Å²) in [5.74, 6) is 0. The van der Waals surface area contributed by atoms with Gasteiger partial charge >= 0.3 is 0 Å². The van der Waals surface area contributed by atoms with Crippen LogP contribution in [0.15, 0.2) is 0 Å². The second kappa shape index (κ2) is 8.08. The summed E-state index contributed by atoms with van der Waals surface area (Å²) in [7, 11) is 0. The van der Waals surface area contributed by atoms with E-state index in [-0.39, 0.29) is 0 Å². The fourth-order valence-electron chi connectivity index (χ4n) is 2.40. The minimum absolute atomic E-state index is 0.296. The normalized spacial score (nSPS) is 17.8. The molecule has 0 aromatic heterocycles. The van der Waals surface area contributed by atoms with Gasteiger partial charge in [-0.1, -0.05) is 19.8 Å². The van der Waals surface area contributed by atoms with Gasteiger partial charge in [0.2, 0.25) is 0 Å². The Morgan fingerprint density at radius 2 is 1.93 bits per heavy atom. The topological polar surface area (TPSA) is 35.5 Å². The van der Waals surface area contributed by atoms with E-state index in [1.807, 2.05) is 0 Å². The van der Waals surface area contributed by atoms with Crippen LogP contribution in [0, 0.1) is 0 Å². The van der Waals surface area contributed by atoms with Crippen molar-refractivity contribution in [2.24, 2.45) is 0 Å².